The molecule has 2 aromatic rings. The Morgan fingerprint density at radius 1 is 0.903 bits per heavy atom. The molecular weight excluding hydrogens is 390 g/mol. The molecule has 2 amide bonds. The molecule has 0 aliphatic carbocycles. The average molecular weight is 422 g/mol. The molecule has 6 heteroatoms. The zero-order chi connectivity index (χ0) is 22.0. The lowest BCUT2D eigenvalue weighted by atomic mass is 10.1. The fraction of sp³-hybridized carbons (Fsp3) is 0.440. The molecule has 2 aliphatic rings. The van der Waals surface area contributed by atoms with E-state index in [4.69, 9.17) is 4.74 Å². The van der Waals surface area contributed by atoms with E-state index in [0.717, 1.165) is 42.2 Å². The number of methoxy groups -OCH3 is 1. The Hall–Kier alpha value is -3.02. The van der Waals surface area contributed by atoms with Crippen LogP contribution in [-0.4, -0.2) is 56.5 Å². The van der Waals surface area contributed by atoms with Crippen LogP contribution in [0.2, 0.25) is 0 Å². The van der Waals surface area contributed by atoms with Gasteiger partial charge in [0.1, 0.15) is 11.7 Å². The van der Waals surface area contributed by atoms with Crippen molar-refractivity contribution in [3.8, 4) is 5.75 Å². The van der Waals surface area contributed by atoms with Gasteiger partial charge in [0.05, 0.1) is 7.11 Å². The molecule has 2 aliphatic heterocycles. The molecule has 1 atom stereocenters. The molecule has 0 saturated carbocycles. The summed E-state index contributed by atoms with van der Waals surface area (Å²) in [6.45, 7) is 7.70. The van der Waals surface area contributed by atoms with E-state index in [1.54, 1.807) is 12.0 Å². The van der Waals surface area contributed by atoms with Crippen molar-refractivity contribution in [2.45, 2.75) is 26.7 Å². The van der Waals surface area contributed by atoms with Gasteiger partial charge in [-0.3, -0.25) is 9.59 Å². The van der Waals surface area contributed by atoms with Crippen molar-refractivity contribution < 1.29 is 14.3 Å². The fourth-order valence-electron chi connectivity index (χ4n) is 4.47. The van der Waals surface area contributed by atoms with Gasteiger partial charge < -0.3 is 19.4 Å². The van der Waals surface area contributed by atoms with E-state index >= 15 is 0 Å². The molecule has 0 radical (unpaired) electrons. The highest BCUT2D eigenvalue weighted by molar-refractivity contribution is 6.09. The van der Waals surface area contributed by atoms with Crippen molar-refractivity contribution in [3.63, 3.8) is 0 Å². The Labute approximate surface area is 184 Å². The zero-order valence-corrected chi connectivity index (χ0v) is 18.6. The van der Waals surface area contributed by atoms with Crippen LogP contribution in [0.3, 0.4) is 0 Å². The Morgan fingerprint density at radius 3 is 2.35 bits per heavy atom. The van der Waals surface area contributed by atoms with E-state index in [1.165, 1.54) is 5.56 Å². The van der Waals surface area contributed by atoms with E-state index < -0.39 is 5.92 Å². The summed E-state index contributed by atoms with van der Waals surface area (Å²) in [5.41, 5.74) is 4.39. The number of ether oxygens (including phenoxy) is 1. The first-order valence-electron chi connectivity index (χ1n) is 11.0. The molecule has 2 fully saturated rings. The number of carbonyl (C=O) groups is 2. The quantitative estimate of drug-likeness (QED) is 0.710. The standard InChI is InChI=1S/C25H31N3O3/c1-18-5-6-21(17-19(18)2)28-14-11-23(25(28)30)24(29)27-13-4-12-26(15-16-27)20-7-9-22(31-3)10-8-20/h5-10,17,23H,4,11-16H2,1-3H3. The normalized spacial score (nSPS) is 19.5. The first kappa shape index (κ1) is 21.2. The molecule has 6 nitrogen and oxygen atoms in total. The molecule has 0 bridgehead atoms. The molecule has 2 saturated heterocycles. The van der Waals surface area contributed by atoms with Crippen LogP contribution in [0.25, 0.3) is 0 Å². The summed E-state index contributed by atoms with van der Waals surface area (Å²) in [5, 5.41) is 0. The van der Waals surface area contributed by atoms with Gasteiger partial charge in [-0.25, -0.2) is 0 Å². The topological polar surface area (TPSA) is 53.1 Å². The number of anilines is 2. The second-order valence-corrected chi connectivity index (χ2v) is 8.46. The monoisotopic (exact) mass is 421 g/mol. The number of carbonyl (C=O) groups excluding carboxylic acids is 2. The SMILES string of the molecule is COc1ccc(N2CCCN(C(=O)C3CCN(c4ccc(C)c(C)c4)C3=O)CC2)cc1. The Kier molecular flexibility index (Phi) is 6.16. The van der Waals surface area contributed by atoms with E-state index in [1.807, 2.05) is 42.2 Å². The summed E-state index contributed by atoms with van der Waals surface area (Å²) < 4.78 is 5.24. The van der Waals surface area contributed by atoms with E-state index in [0.29, 0.717) is 26.1 Å². The largest absolute Gasteiger partial charge is 0.497 e. The molecule has 4 rings (SSSR count). The van der Waals surface area contributed by atoms with Gasteiger partial charge in [0.2, 0.25) is 11.8 Å². The first-order chi connectivity index (χ1) is 15.0. The number of rotatable bonds is 4. The summed E-state index contributed by atoms with van der Waals surface area (Å²) in [4.78, 5) is 32.3. The summed E-state index contributed by atoms with van der Waals surface area (Å²) in [6.07, 6.45) is 1.48. The van der Waals surface area contributed by atoms with Crippen LogP contribution in [0.15, 0.2) is 42.5 Å². The predicted molar refractivity (Wildman–Crippen MR) is 123 cm³/mol. The minimum atomic E-state index is -0.561. The van der Waals surface area contributed by atoms with Gasteiger partial charge in [0.15, 0.2) is 0 Å². The average Bonchev–Trinajstić information content (AvgIpc) is 3.00. The predicted octanol–water partition coefficient (Wildman–Crippen LogP) is 3.40. The van der Waals surface area contributed by atoms with Gasteiger partial charge >= 0.3 is 0 Å². The van der Waals surface area contributed by atoms with Gasteiger partial charge in [-0.2, -0.15) is 0 Å². The van der Waals surface area contributed by atoms with Crippen LogP contribution in [0.1, 0.15) is 24.0 Å². The second-order valence-electron chi connectivity index (χ2n) is 8.46. The molecule has 1 unspecified atom stereocenters. The van der Waals surface area contributed by atoms with Crippen molar-refractivity contribution in [1.82, 2.24) is 4.90 Å². The first-order valence-corrected chi connectivity index (χ1v) is 11.0. The Balaban J connectivity index is 1.40. The Bertz CT molecular complexity index is 957. The van der Waals surface area contributed by atoms with Crippen molar-refractivity contribution in [2.24, 2.45) is 5.92 Å². The third-order valence-corrected chi connectivity index (χ3v) is 6.55. The maximum Gasteiger partial charge on any atom is 0.239 e. The minimum absolute atomic E-state index is 0.0204. The Morgan fingerprint density at radius 2 is 1.65 bits per heavy atom. The van der Waals surface area contributed by atoms with Crippen molar-refractivity contribution in [1.29, 1.82) is 0 Å². The van der Waals surface area contributed by atoms with Crippen molar-refractivity contribution in [2.75, 3.05) is 49.6 Å². The lowest BCUT2D eigenvalue weighted by molar-refractivity contribution is -0.139. The number of hydrogen-bond donors (Lipinski definition) is 0. The lowest BCUT2D eigenvalue weighted by Crippen LogP contribution is -2.42. The zero-order valence-electron chi connectivity index (χ0n) is 18.6. The van der Waals surface area contributed by atoms with E-state index in [2.05, 4.69) is 24.0 Å². The van der Waals surface area contributed by atoms with Crippen LogP contribution < -0.4 is 14.5 Å². The van der Waals surface area contributed by atoms with Gasteiger partial charge in [-0.05, 0) is 74.2 Å². The van der Waals surface area contributed by atoms with Gasteiger partial charge in [-0.15, -0.1) is 0 Å². The molecule has 2 heterocycles. The summed E-state index contributed by atoms with van der Waals surface area (Å²) in [6, 6.07) is 14.1. The van der Waals surface area contributed by atoms with E-state index in [9.17, 15) is 9.59 Å². The van der Waals surface area contributed by atoms with Crippen LogP contribution in [0, 0.1) is 19.8 Å². The third-order valence-electron chi connectivity index (χ3n) is 6.55. The van der Waals surface area contributed by atoms with Crippen LogP contribution in [0.4, 0.5) is 11.4 Å². The van der Waals surface area contributed by atoms with Crippen LogP contribution in [-0.2, 0) is 9.59 Å². The minimum Gasteiger partial charge on any atom is -0.497 e. The van der Waals surface area contributed by atoms with Gasteiger partial charge in [0.25, 0.3) is 0 Å². The third kappa shape index (κ3) is 4.38. The highest BCUT2D eigenvalue weighted by Crippen LogP contribution is 2.29. The van der Waals surface area contributed by atoms with E-state index in [-0.39, 0.29) is 11.8 Å². The summed E-state index contributed by atoms with van der Waals surface area (Å²) in [7, 11) is 1.66. The number of hydrogen-bond acceptors (Lipinski definition) is 4. The second kappa shape index (κ2) is 9.00. The number of aryl methyl sites for hydroxylation is 2. The number of amides is 2. The summed E-state index contributed by atoms with van der Waals surface area (Å²) in [5.74, 6) is 0.190. The smallest absolute Gasteiger partial charge is 0.239 e. The fourth-order valence-corrected chi connectivity index (χ4v) is 4.47. The van der Waals surface area contributed by atoms with Gasteiger partial charge in [-0.1, -0.05) is 6.07 Å². The maximum atomic E-state index is 13.2. The highest BCUT2D eigenvalue weighted by Gasteiger charge is 2.40. The molecule has 164 valence electrons. The van der Waals surface area contributed by atoms with Gasteiger partial charge in [0, 0.05) is 44.1 Å². The molecule has 0 aromatic heterocycles. The maximum absolute atomic E-state index is 13.2. The van der Waals surface area contributed by atoms with Crippen LogP contribution in [0.5, 0.6) is 5.75 Å². The number of benzene rings is 2. The molecule has 31 heavy (non-hydrogen) atoms. The molecule has 2 aromatic carbocycles. The van der Waals surface area contributed by atoms with Crippen LogP contribution >= 0.6 is 0 Å². The lowest BCUT2D eigenvalue weighted by Gasteiger charge is -2.25. The van der Waals surface area contributed by atoms with Crippen molar-refractivity contribution in [3.05, 3.63) is 53.6 Å². The van der Waals surface area contributed by atoms with Crippen molar-refractivity contribution >= 4 is 23.2 Å². The highest BCUT2D eigenvalue weighted by atomic mass is 16.5. The molecular formula is C25H31N3O3. The molecule has 0 spiro atoms. The molecule has 0 N–H and O–H groups in total. The number of nitrogens with zero attached hydrogens (tertiary/aromatic N) is 3. The summed E-state index contributed by atoms with van der Waals surface area (Å²) >= 11 is 0.